The minimum atomic E-state index is -0.527. The quantitative estimate of drug-likeness (QED) is 0.787. The van der Waals surface area contributed by atoms with Crippen LogP contribution in [0.1, 0.15) is 23.7 Å². The van der Waals surface area contributed by atoms with Gasteiger partial charge in [-0.15, -0.1) is 0 Å². The molecule has 1 rings (SSSR count). The van der Waals surface area contributed by atoms with E-state index < -0.39 is 5.97 Å². The Bertz CT molecular complexity index is 336. The Hall–Kier alpha value is -1.22. The first kappa shape index (κ1) is 10.9. The zero-order chi connectivity index (χ0) is 10.6. The van der Waals surface area contributed by atoms with E-state index in [9.17, 15) is 9.90 Å². The predicted octanol–water partition coefficient (Wildman–Crippen LogP) is 2.61. The third-order valence-corrected chi connectivity index (χ3v) is 1.85. The lowest BCUT2D eigenvalue weighted by molar-refractivity contribution is 0.0502. The number of carbonyl (C=O) groups is 1. The van der Waals surface area contributed by atoms with Crippen molar-refractivity contribution in [2.45, 2.75) is 13.3 Å². The van der Waals surface area contributed by atoms with Crippen LogP contribution in [0.2, 0.25) is 5.02 Å². The molecule has 0 unspecified atom stereocenters. The fraction of sp³-hybridized carbons (Fsp3) is 0.300. The molecular formula is C10H11ClO3. The van der Waals surface area contributed by atoms with E-state index in [1.165, 1.54) is 18.2 Å². The Morgan fingerprint density at radius 2 is 2.29 bits per heavy atom. The van der Waals surface area contributed by atoms with Crippen molar-refractivity contribution in [3.8, 4) is 5.75 Å². The second kappa shape index (κ2) is 4.86. The van der Waals surface area contributed by atoms with Crippen molar-refractivity contribution in [3.05, 3.63) is 28.8 Å². The van der Waals surface area contributed by atoms with Crippen LogP contribution in [0, 0.1) is 0 Å². The zero-order valence-corrected chi connectivity index (χ0v) is 8.54. The molecule has 1 aromatic rings. The van der Waals surface area contributed by atoms with Crippen LogP contribution in [-0.4, -0.2) is 17.7 Å². The van der Waals surface area contributed by atoms with Crippen molar-refractivity contribution in [3.63, 3.8) is 0 Å². The number of hydrogen-bond acceptors (Lipinski definition) is 3. The van der Waals surface area contributed by atoms with Crippen molar-refractivity contribution in [2.75, 3.05) is 6.61 Å². The maximum absolute atomic E-state index is 11.3. The number of rotatable bonds is 3. The van der Waals surface area contributed by atoms with Crippen molar-refractivity contribution < 1.29 is 14.6 Å². The van der Waals surface area contributed by atoms with Gasteiger partial charge in [-0.2, -0.15) is 0 Å². The van der Waals surface area contributed by atoms with Crippen LogP contribution in [0.3, 0.4) is 0 Å². The van der Waals surface area contributed by atoms with Gasteiger partial charge in [0.05, 0.1) is 6.61 Å². The largest absolute Gasteiger partial charge is 0.507 e. The van der Waals surface area contributed by atoms with Gasteiger partial charge in [0, 0.05) is 5.02 Å². The van der Waals surface area contributed by atoms with E-state index >= 15 is 0 Å². The van der Waals surface area contributed by atoms with Crippen molar-refractivity contribution in [2.24, 2.45) is 0 Å². The number of ether oxygens (including phenoxy) is 1. The average Bonchev–Trinajstić information content (AvgIpc) is 2.14. The summed E-state index contributed by atoms with van der Waals surface area (Å²) in [4.78, 5) is 11.3. The highest BCUT2D eigenvalue weighted by molar-refractivity contribution is 6.30. The van der Waals surface area contributed by atoms with Crippen LogP contribution in [0.25, 0.3) is 0 Å². The summed E-state index contributed by atoms with van der Waals surface area (Å²) < 4.78 is 4.86. The Labute approximate surface area is 87.3 Å². The van der Waals surface area contributed by atoms with Crippen LogP contribution >= 0.6 is 11.6 Å². The molecule has 0 aliphatic carbocycles. The molecule has 3 nitrogen and oxygen atoms in total. The molecule has 0 spiro atoms. The fourth-order valence-corrected chi connectivity index (χ4v) is 1.12. The van der Waals surface area contributed by atoms with Gasteiger partial charge in [0.15, 0.2) is 0 Å². The molecule has 76 valence electrons. The number of esters is 1. The first-order chi connectivity index (χ1) is 6.65. The van der Waals surface area contributed by atoms with Crippen molar-refractivity contribution >= 4 is 17.6 Å². The Morgan fingerprint density at radius 1 is 1.57 bits per heavy atom. The number of halogens is 1. The summed E-state index contributed by atoms with van der Waals surface area (Å²) in [6, 6.07) is 4.28. The van der Waals surface area contributed by atoms with Gasteiger partial charge in [-0.3, -0.25) is 0 Å². The van der Waals surface area contributed by atoms with E-state index in [0.29, 0.717) is 11.6 Å². The topological polar surface area (TPSA) is 46.5 Å². The van der Waals surface area contributed by atoms with Gasteiger partial charge in [0.25, 0.3) is 0 Å². The second-order valence-corrected chi connectivity index (χ2v) is 3.23. The van der Waals surface area contributed by atoms with Crippen LogP contribution in [0.4, 0.5) is 0 Å². The van der Waals surface area contributed by atoms with Gasteiger partial charge >= 0.3 is 5.97 Å². The van der Waals surface area contributed by atoms with Gasteiger partial charge in [-0.1, -0.05) is 18.5 Å². The predicted molar refractivity (Wildman–Crippen MR) is 53.7 cm³/mol. The summed E-state index contributed by atoms with van der Waals surface area (Å²) in [7, 11) is 0. The molecule has 0 atom stereocenters. The number of benzene rings is 1. The molecule has 0 radical (unpaired) electrons. The molecule has 1 N–H and O–H groups in total. The average molecular weight is 215 g/mol. The number of hydrogen-bond donors (Lipinski definition) is 1. The van der Waals surface area contributed by atoms with Gasteiger partial charge in [0.2, 0.25) is 0 Å². The molecule has 0 fully saturated rings. The molecule has 0 heterocycles. The number of phenols is 1. The van der Waals surface area contributed by atoms with E-state index in [0.717, 1.165) is 6.42 Å². The minimum absolute atomic E-state index is 0.142. The lowest BCUT2D eigenvalue weighted by Gasteiger charge is -2.04. The zero-order valence-electron chi connectivity index (χ0n) is 7.79. The highest BCUT2D eigenvalue weighted by Gasteiger charge is 2.11. The van der Waals surface area contributed by atoms with Crippen LogP contribution in [-0.2, 0) is 4.74 Å². The normalized spacial score (nSPS) is 9.86. The summed E-state index contributed by atoms with van der Waals surface area (Å²) in [6.45, 7) is 2.25. The van der Waals surface area contributed by atoms with Gasteiger partial charge in [0.1, 0.15) is 11.3 Å². The third-order valence-electron chi connectivity index (χ3n) is 1.62. The SMILES string of the molecule is CCCOC(=O)c1ccc(Cl)cc1O. The van der Waals surface area contributed by atoms with Crippen LogP contribution < -0.4 is 0 Å². The summed E-state index contributed by atoms with van der Waals surface area (Å²) >= 11 is 5.61. The molecule has 0 amide bonds. The molecule has 0 aliphatic heterocycles. The van der Waals surface area contributed by atoms with Crippen LogP contribution in [0.15, 0.2) is 18.2 Å². The summed E-state index contributed by atoms with van der Waals surface area (Å²) in [5.74, 6) is -0.681. The molecule has 0 saturated heterocycles. The van der Waals surface area contributed by atoms with Crippen molar-refractivity contribution in [1.82, 2.24) is 0 Å². The lowest BCUT2D eigenvalue weighted by atomic mass is 10.2. The summed E-state index contributed by atoms with van der Waals surface area (Å²) in [5.41, 5.74) is 0.142. The standard InChI is InChI=1S/C10H11ClO3/c1-2-5-14-10(13)8-4-3-7(11)6-9(8)12/h3-4,6,12H,2,5H2,1H3. The third kappa shape index (κ3) is 2.64. The maximum Gasteiger partial charge on any atom is 0.341 e. The van der Waals surface area contributed by atoms with Crippen LogP contribution in [0.5, 0.6) is 5.75 Å². The fourth-order valence-electron chi connectivity index (χ4n) is 0.950. The highest BCUT2D eigenvalue weighted by atomic mass is 35.5. The molecule has 0 aromatic heterocycles. The molecule has 1 aromatic carbocycles. The first-order valence-corrected chi connectivity index (χ1v) is 4.68. The van der Waals surface area contributed by atoms with Crippen molar-refractivity contribution in [1.29, 1.82) is 0 Å². The highest BCUT2D eigenvalue weighted by Crippen LogP contribution is 2.22. The molecular weight excluding hydrogens is 204 g/mol. The summed E-state index contributed by atoms with van der Waals surface area (Å²) in [6.07, 6.45) is 0.750. The van der Waals surface area contributed by atoms with E-state index in [1.54, 1.807) is 0 Å². The molecule has 0 aliphatic rings. The molecule has 14 heavy (non-hydrogen) atoms. The second-order valence-electron chi connectivity index (χ2n) is 2.80. The minimum Gasteiger partial charge on any atom is -0.507 e. The molecule has 4 heteroatoms. The first-order valence-electron chi connectivity index (χ1n) is 4.30. The van der Waals surface area contributed by atoms with E-state index in [1.807, 2.05) is 6.92 Å². The number of aromatic hydroxyl groups is 1. The van der Waals surface area contributed by atoms with E-state index in [2.05, 4.69) is 0 Å². The van der Waals surface area contributed by atoms with Gasteiger partial charge in [-0.25, -0.2) is 4.79 Å². The number of phenolic OH excluding ortho intramolecular Hbond substituents is 1. The van der Waals surface area contributed by atoms with Gasteiger partial charge < -0.3 is 9.84 Å². The van der Waals surface area contributed by atoms with Gasteiger partial charge in [-0.05, 0) is 24.6 Å². The summed E-state index contributed by atoms with van der Waals surface area (Å²) in [5, 5.41) is 9.76. The van der Waals surface area contributed by atoms with E-state index in [-0.39, 0.29) is 11.3 Å². The Kier molecular flexibility index (Phi) is 3.77. The molecule has 0 saturated carbocycles. The monoisotopic (exact) mass is 214 g/mol. The van der Waals surface area contributed by atoms with E-state index in [4.69, 9.17) is 16.3 Å². The smallest absolute Gasteiger partial charge is 0.341 e. The maximum atomic E-state index is 11.3. The molecule has 0 bridgehead atoms. The lowest BCUT2D eigenvalue weighted by Crippen LogP contribution is -2.05. The number of carbonyl (C=O) groups excluding carboxylic acids is 1. The Balaban J connectivity index is 2.80. The Morgan fingerprint density at radius 3 is 2.86 bits per heavy atom.